The van der Waals surface area contributed by atoms with Gasteiger partial charge in [-0.15, -0.1) is 0 Å². The molecule has 354 valence electrons. The zero-order valence-corrected chi connectivity index (χ0v) is 37.3. The summed E-state index contributed by atoms with van der Waals surface area (Å²) in [6.07, 6.45) is -9.57. The number of aliphatic hydroxyl groups is 2. The summed E-state index contributed by atoms with van der Waals surface area (Å²) in [7, 11) is 1.09. The van der Waals surface area contributed by atoms with Crippen molar-refractivity contribution in [2.24, 2.45) is 33.5 Å². The van der Waals surface area contributed by atoms with Gasteiger partial charge in [0.2, 0.25) is 6.10 Å². The van der Waals surface area contributed by atoms with Gasteiger partial charge in [0.1, 0.15) is 42.0 Å². The van der Waals surface area contributed by atoms with Crippen molar-refractivity contribution >= 4 is 41.8 Å². The second-order valence-corrected chi connectivity index (χ2v) is 19.8. The van der Waals surface area contributed by atoms with Crippen molar-refractivity contribution < 1.29 is 95.6 Å². The van der Waals surface area contributed by atoms with Gasteiger partial charge >= 0.3 is 41.8 Å². The number of cyclic esters (lactones) is 1. The van der Waals surface area contributed by atoms with Gasteiger partial charge in [-0.2, -0.15) is 0 Å². The number of carbonyl (C=O) groups excluding carboxylic acids is 7. The van der Waals surface area contributed by atoms with Gasteiger partial charge < -0.3 is 62.0 Å². The molecule has 0 radical (unpaired) electrons. The fourth-order valence-electron chi connectivity index (χ4n) is 14.6. The molecule has 1 aromatic carbocycles. The first-order chi connectivity index (χ1) is 31.0. The van der Waals surface area contributed by atoms with Crippen LogP contribution in [0.15, 0.2) is 53.3 Å². The Morgan fingerprint density at radius 3 is 2.15 bits per heavy atom. The summed E-state index contributed by atoms with van der Waals surface area (Å²) in [6, 6.07) is 9.48. The number of benzene rings is 1. The molecule has 2 unspecified atom stereocenters. The average Bonchev–Trinajstić information content (AvgIpc) is 3.61. The molecule has 1 spiro atoms. The normalized spacial score (nSPS) is 45.7. The lowest BCUT2D eigenvalue weighted by Gasteiger charge is -2.76. The molecule has 66 heavy (non-hydrogen) atoms. The zero-order valence-electron chi connectivity index (χ0n) is 37.3. The fourth-order valence-corrected chi connectivity index (χ4v) is 14.6. The lowest BCUT2D eigenvalue weighted by Crippen LogP contribution is -2.97. The van der Waals surface area contributed by atoms with Gasteiger partial charge in [0.05, 0.1) is 48.6 Å². The minimum absolute atomic E-state index is 0.101. The van der Waals surface area contributed by atoms with Crippen molar-refractivity contribution in [3.63, 3.8) is 0 Å². The number of hydrogen-bond acceptors (Lipinski definition) is 20. The highest BCUT2D eigenvalue weighted by Crippen LogP contribution is 2.95. The highest BCUT2D eigenvalue weighted by atomic mass is 17.0. The van der Waals surface area contributed by atoms with Crippen LogP contribution in [0.1, 0.15) is 89.8 Å². The molecule has 8 aliphatic rings. The third kappa shape index (κ3) is 4.78. The van der Waals surface area contributed by atoms with E-state index in [1.165, 1.54) is 58.4 Å². The van der Waals surface area contributed by atoms with E-state index in [1.54, 1.807) is 25.1 Å². The maximum absolute atomic E-state index is 14.9. The van der Waals surface area contributed by atoms with Crippen LogP contribution >= 0.6 is 0 Å². The van der Waals surface area contributed by atoms with Gasteiger partial charge in [-0.3, -0.25) is 24.0 Å². The van der Waals surface area contributed by atoms with Crippen molar-refractivity contribution in [2.45, 2.75) is 133 Å². The monoisotopic (exact) mass is 922 g/mol. The van der Waals surface area contributed by atoms with Crippen LogP contribution in [0.3, 0.4) is 0 Å². The third-order valence-electron chi connectivity index (χ3n) is 16.6. The largest absolute Gasteiger partial charge is 0.472 e. The van der Waals surface area contributed by atoms with Crippen LogP contribution in [0.2, 0.25) is 0 Å². The molecular weight excluding hydrogens is 872 g/mol. The zero-order chi connectivity index (χ0) is 47.6. The van der Waals surface area contributed by atoms with Crippen molar-refractivity contribution in [2.75, 3.05) is 13.7 Å². The first-order valence-corrected chi connectivity index (χ1v) is 21.7. The summed E-state index contributed by atoms with van der Waals surface area (Å²) in [4.78, 5) is 96.4. The summed E-state index contributed by atoms with van der Waals surface area (Å²) in [5.74, 6) is -11.2. The van der Waals surface area contributed by atoms with Gasteiger partial charge in [-0.1, -0.05) is 45.9 Å². The quantitative estimate of drug-likeness (QED) is 0.186. The molecule has 4 bridgehead atoms. The Morgan fingerprint density at radius 2 is 1.53 bits per heavy atom. The Kier molecular flexibility index (Phi) is 9.16. The molecule has 2 aromatic rings. The molecule has 10 rings (SSSR count). The Morgan fingerprint density at radius 1 is 0.848 bits per heavy atom. The lowest BCUT2D eigenvalue weighted by atomic mass is 9.34. The maximum atomic E-state index is 14.9. The second kappa shape index (κ2) is 13.6. The molecule has 8 fully saturated rings. The van der Waals surface area contributed by atoms with E-state index in [1.807, 2.05) is 0 Å². The fraction of sp³-hybridized carbons (Fsp3) is 0.630. The summed E-state index contributed by atoms with van der Waals surface area (Å²) >= 11 is 0. The number of carbonyl (C=O) groups is 7. The number of rotatable bonds is 11. The summed E-state index contributed by atoms with van der Waals surface area (Å²) < 4.78 is 68.9. The lowest BCUT2D eigenvalue weighted by molar-refractivity contribution is -0.454. The van der Waals surface area contributed by atoms with E-state index in [2.05, 4.69) is 0 Å². The van der Waals surface area contributed by atoms with Crippen LogP contribution in [0.25, 0.3) is 0 Å². The summed E-state index contributed by atoms with van der Waals surface area (Å²) in [5.41, 5.74) is -17.7. The van der Waals surface area contributed by atoms with E-state index in [4.69, 9.17) is 51.8 Å². The van der Waals surface area contributed by atoms with Gasteiger partial charge in [-0.05, 0) is 31.0 Å². The van der Waals surface area contributed by atoms with Gasteiger partial charge in [-0.25, -0.2) is 9.59 Å². The smallest absolute Gasteiger partial charge is 0.348 e. The maximum Gasteiger partial charge on any atom is 0.348 e. The van der Waals surface area contributed by atoms with Gasteiger partial charge in [0, 0.05) is 43.1 Å². The van der Waals surface area contributed by atoms with E-state index in [-0.39, 0.29) is 17.5 Å². The third-order valence-corrected chi connectivity index (χ3v) is 16.6. The molecule has 4 heterocycles. The van der Waals surface area contributed by atoms with E-state index >= 15 is 0 Å². The van der Waals surface area contributed by atoms with Crippen LogP contribution < -0.4 is 0 Å². The van der Waals surface area contributed by atoms with Gasteiger partial charge in [0.25, 0.3) is 5.97 Å². The molecule has 2 N–H and O–H groups in total. The van der Waals surface area contributed by atoms with Crippen LogP contribution in [0.4, 0.5) is 0 Å². The van der Waals surface area contributed by atoms with Crippen molar-refractivity contribution in [3.8, 4) is 0 Å². The predicted molar refractivity (Wildman–Crippen MR) is 211 cm³/mol. The molecule has 3 saturated heterocycles. The molecule has 16 atom stereocenters. The van der Waals surface area contributed by atoms with E-state index < -0.39 is 160 Å². The molecule has 5 aliphatic carbocycles. The SMILES string of the molecule is COC(=O)CC(=O)OC[C@H]1[C@@]2(C)C[C@@]3(O)[C@@]1(C)[C@@]14OC5(C)O[C@@H]1[C@H](OC(=O)c1ccccc1)[C@]16C[C@]1([C@@H](OC(C)=O)C(=O)O[C@H]6c1ccoc1)[C@@]4(O5)C(OC(=O)C(C)C)[C@]3(O)[C@H]2OC(C)=O. The van der Waals surface area contributed by atoms with Crippen LogP contribution in [0.5, 0.6) is 0 Å². The highest BCUT2D eigenvalue weighted by molar-refractivity contribution is 5.91. The molecule has 20 nitrogen and oxygen atoms in total. The van der Waals surface area contributed by atoms with Crippen LogP contribution in [0, 0.1) is 33.5 Å². The Labute approximate surface area is 376 Å². The van der Waals surface area contributed by atoms with Crippen molar-refractivity contribution in [3.05, 3.63) is 60.1 Å². The number of hydrogen-bond donors (Lipinski definition) is 2. The predicted octanol–water partition coefficient (Wildman–Crippen LogP) is 2.15. The first kappa shape index (κ1) is 44.4. The molecule has 0 amide bonds. The second-order valence-electron chi connectivity index (χ2n) is 19.8. The van der Waals surface area contributed by atoms with Crippen LogP contribution in [-0.4, -0.2) is 125 Å². The summed E-state index contributed by atoms with van der Waals surface area (Å²) in [6.45, 7) is 9.01. The summed E-state index contributed by atoms with van der Waals surface area (Å²) in [5, 5.41) is 28.1. The van der Waals surface area contributed by atoms with Crippen molar-refractivity contribution in [1.82, 2.24) is 0 Å². The van der Waals surface area contributed by atoms with Crippen molar-refractivity contribution in [1.29, 1.82) is 0 Å². The highest BCUT2D eigenvalue weighted by Gasteiger charge is 3.11. The number of ether oxygens (including phenoxy) is 10. The number of fused-ring (bicyclic) bond motifs is 2. The first-order valence-electron chi connectivity index (χ1n) is 21.7. The van der Waals surface area contributed by atoms with E-state index in [0.29, 0.717) is 0 Å². The Balaban J connectivity index is 1.32. The molecule has 3 aliphatic heterocycles. The topological polar surface area (TPSA) is 265 Å². The number of furan rings is 1. The van der Waals surface area contributed by atoms with Crippen LogP contribution in [-0.2, 0) is 76.1 Å². The standard InChI is InChI=1S/C46H50O20/c1-21(2)33(51)63-37-44(55)36(60-23(4)48)38(5)19-43(44,54)39(6,26(38)18-58-28(50)16-27(49)56-8)45-31-30(62-34(52)24-12-10-9-11-13-24)41-20-42(41,46(37,45)66-40(7,64-31)65-45)32(59-22(3)47)35(53)61-29(41)25-14-15-57-17-25/h9-15,17,21,26,29-32,36-37,54-55H,16,18-20H2,1-8H3/t26-,29-,30-,31+,32-,36-,37?,38+,39-,40?,41+,42+,43+,44+,45-,46-/m0/s1. The van der Waals surface area contributed by atoms with E-state index in [0.717, 1.165) is 21.0 Å². The molecule has 5 saturated carbocycles. The minimum Gasteiger partial charge on any atom is -0.472 e. The number of methoxy groups -OCH3 is 1. The molecule has 20 heteroatoms. The Hall–Kier alpha value is -5.41. The molecule has 1 aromatic heterocycles. The van der Waals surface area contributed by atoms with E-state index in [9.17, 15) is 43.8 Å². The molecular formula is C46H50O20. The minimum atomic E-state index is -2.90. The van der Waals surface area contributed by atoms with Gasteiger partial charge in [0.15, 0.2) is 17.3 Å². The average molecular weight is 923 g/mol. The Bertz CT molecular complexity index is 2470. The number of esters is 7.